The zero-order chi connectivity index (χ0) is 12.8. The van der Waals surface area contributed by atoms with Gasteiger partial charge in [0, 0.05) is 17.4 Å². The number of hydrogen-bond donors (Lipinski definition) is 0. The molecule has 0 aliphatic carbocycles. The van der Waals surface area contributed by atoms with Crippen molar-refractivity contribution in [1.29, 1.82) is 0 Å². The van der Waals surface area contributed by atoms with Crippen LogP contribution in [0.15, 0.2) is 24.3 Å². The van der Waals surface area contributed by atoms with E-state index in [1.54, 1.807) is 24.3 Å². The number of benzene rings is 1. The van der Waals surface area contributed by atoms with Crippen LogP contribution in [0.25, 0.3) is 0 Å². The van der Waals surface area contributed by atoms with Gasteiger partial charge in [-0.1, -0.05) is 33.6 Å². The summed E-state index contributed by atoms with van der Waals surface area (Å²) in [5.74, 6) is -0.357. The van der Waals surface area contributed by atoms with E-state index < -0.39 is 13.0 Å². The molecule has 0 aliphatic rings. The Labute approximate surface area is 108 Å². The van der Waals surface area contributed by atoms with Crippen LogP contribution in [0.1, 0.15) is 15.9 Å². The third-order valence-electron chi connectivity index (χ3n) is 2.30. The van der Waals surface area contributed by atoms with Crippen LogP contribution in [0.4, 0.5) is 8.78 Å². The van der Waals surface area contributed by atoms with Gasteiger partial charge in [-0.2, -0.15) is 0 Å². The van der Waals surface area contributed by atoms with E-state index in [1.807, 2.05) is 6.92 Å². The van der Waals surface area contributed by atoms with Crippen molar-refractivity contribution in [3.63, 3.8) is 0 Å². The fraction of sp³-hybridized carbons (Fsp3) is 0.417. The summed E-state index contributed by atoms with van der Waals surface area (Å²) in [6.07, 6.45) is -2.51. The highest BCUT2D eigenvalue weighted by molar-refractivity contribution is 9.09. The van der Waals surface area contributed by atoms with Crippen LogP contribution < -0.4 is 0 Å². The van der Waals surface area contributed by atoms with E-state index in [9.17, 15) is 13.6 Å². The van der Waals surface area contributed by atoms with E-state index in [2.05, 4.69) is 15.9 Å². The summed E-state index contributed by atoms with van der Waals surface area (Å²) in [4.78, 5) is 13.1. The second-order valence-corrected chi connectivity index (χ2v) is 4.49. The average molecular weight is 306 g/mol. The summed E-state index contributed by atoms with van der Waals surface area (Å²) in [6, 6.07) is 6.90. The van der Waals surface area contributed by atoms with Crippen molar-refractivity contribution >= 4 is 21.8 Å². The second kappa shape index (κ2) is 6.69. The van der Waals surface area contributed by atoms with E-state index in [4.69, 9.17) is 0 Å². The van der Waals surface area contributed by atoms with Crippen LogP contribution in [-0.4, -0.2) is 35.7 Å². The first-order chi connectivity index (χ1) is 8.04. The molecule has 0 bridgehead atoms. The molecule has 94 valence electrons. The van der Waals surface area contributed by atoms with Crippen LogP contribution in [0.3, 0.4) is 0 Å². The molecule has 2 nitrogen and oxygen atoms in total. The molecule has 0 aliphatic heterocycles. The summed E-state index contributed by atoms with van der Waals surface area (Å²) in [6.45, 7) is 1.65. The number of aryl methyl sites for hydroxylation is 1. The lowest BCUT2D eigenvalue weighted by atomic mass is 10.1. The Hall–Kier alpha value is -0.970. The lowest BCUT2D eigenvalue weighted by Crippen LogP contribution is -2.36. The summed E-state index contributed by atoms with van der Waals surface area (Å²) in [5.41, 5.74) is 1.47. The van der Waals surface area contributed by atoms with Gasteiger partial charge in [-0.15, -0.1) is 0 Å². The molecule has 1 amide bonds. The van der Waals surface area contributed by atoms with Crippen molar-refractivity contribution in [3.8, 4) is 0 Å². The number of alkyl halides is 3. The van der Waals surface area contributed by atoms with Crippen molar-refractivity contribution in [3.05, 3.63) is 35.4 Å². The molecule has 0 saturated heterocycles. The van der Waals surface area contributed by atoms with E-state index in [0.29, 0.717) is 10.9 Å². The van der Waals surface area contributed by atoms with Crippen LogP contribution in [-0.2, 0) is 0 Å². The lowest BCUT2D eigenvalue weighted by Gasteiger charge is -2.21. The minimum absolute atomic E-state index is 0.275. The number of nitrogens with zero attached hydrogens (tertiary/aromatic N) is 1. The molecule has 0 fully saturated rings. The fourth-order valence-electron chi connectivity index (χ4n) is 1.42. The molecular formula is C12H14BrF2NO. The van der Waals surface area contributed by atoms with Gasteiger partial charge in [-0.3, -0.25) is 4.79 Å². The maximum atomic E-state index is 12.3. The first-order valence-corrected chi connectivity index (χ1v) is 6.36. The molecule has 1 aromatic rings. The van der Waals surface area contributed by atoms with Gasteiger partial charge in [0.1, 0.15) is 0 Å². The quantitative estimate of drug-likeness (QED) is 0.766. The Morgan fingerprint density at radius 1 is 1.35 bits per heavy atom. The van der Waals surface area contributed by atoms with E-state index in [0.717, 1.165) is 10.5 Å². The highest BCUT2D eigenvalue weighted by atomic mass is 79.9. The molecule has 0 heterocycles. The summed E-state index contributed by atoms with van der Waals surface area (Å²) in [7, 11) is 0. The molecule has 0 radical (unpaired) electrons. The van der Waals surface area contributed by atoms with Crippen molar-refractivity contribution in [1.82, 2.24) is 4.90 Å². The minimum atomic E-state index is -2.51. The lowest BCUT2D eigenvalue weighted by molar-refractivity contribution is 0.0572. The van der Waals surface area contributed by atoms with Crippen LogP contribution >= 0.6 is 15.9 Å². The zero-order valence-corrected chi connectivity index (χ0v) is 11.1. The third kappa shape index (κ3) is 4.42. The minimum Gasteiger partial charge on any atom is -0.332 e. The number of amides is 1. The number of hydrogen-bond acceptors (Lipinski definition) is 1. The maximum Gasteiger partial charge on any atom is 0.255 e. The maximum absolute atomic E-state index is 12.3. The standard InChI is InChI=1S/C12H14BrF2NO/c1-9-2-4-10(5-3-9)12(17)16(7-6-13)8-11(14)15/h2-5,11H,6-8H2,1H3. The second-order valence-electron chi connectivity index (χ2n) is 3.70. The van der Waals surface area contributed by atoms with Crippen LogP contribution in [0.5, 0.6) is 0 Å². The molecule has 1 aromatic carbocycles. The predicted octanol–water partition coefficient (Wildman–Crippen LogP) is 3.10. The van der Waals surface area contributed by atoms with Gasteiger partial charge in [0.2, 0.25) is 0 Å². The Morgan fingerprint density at radius 3 is 2.41 bits per heavy atom. The summed E-state index contributed by atoms with van der Waals surface area (Å²) in [5, 5.41) is 0.483. The number of carbonyl (C=O) groups excluding carboxylic acids is 1. The SMILES string of the molecule is Cc1ccc(C(=O)N(CCBr)CC(F)F)cc1. The van der Waals surface area contributed by atoms with Gasteiger partial charge in [0.25, 0.3) is 12.3 Å². The van der Waals surface area contributed by atoms with E-state index in [1.165, 1.54) is 0 Å². The molecule has 0 atom stereocenters. The fourth-order valence-corrected chi connectivity index (χ4v) is 1.85. The normalized spacial score (nSPS) is 10.6. The van der Waals surface area contributed by atoms with Gasteiger partial charge < -0.3 is 4.90 Å². The Morgan fingerprint density at radius 2 is 1.94 bits per heavy atom. The smallest absolute Gasteiger partial charge is 0.255 e. The topological polar surface area (TPSA) is 20.3 Å². The molecular weight excluding hydrogens is 292 g/mol. The first-order valence-electron chi connectivity index (χ1n) is 5.24. The van der Waals surface area contributed by atoms with Gasteiger partial charge in [0.15, 0.2) is 0 Å². The van der Waals surface area contributed by atoms with Crippen molar-refractivity contribution in [2.24, 2.45) is 0 Å². The van der Waals surface area contributed by atoms with Crippen molar-refractivity contribution in [2.45, 2.75) is 13.3 Å². The average Bonchev–Trinajstić information content (AvgIpc) is 2.28. The Bertz CT molecular complexity index is 367. The third-order valence-corrected chi connectivity index (χ3v) is 2.65. The summed E-state index contributed by atoms with van der Waals surface area (Å²) < 4.78 is 24.7. The highest BCUT2D eigenvalue weighted by Gasteiger charge is 2.18. The van der Waals surface area contributed by atoms with Gasteiger partial charge in [0.05, 0.1) is 6.54 Å². The molecule has 5 heteroatoms. The Balaban J connectivity index is 2.79. The van der Waals surface area contributed by atoms with Gasteiger partial charge >= 0.3 is 0 Å². The molecule has 17 heavy (non-hydrogen) atoms. The molecule has 0 N–H and O–H groups in total. The first kappa shape index (κ1) is 14.1. The van der Waals surface area contributed by atoms with Crippen LogP contribution in [0.2, 0.25) is 0 Å². The van der Waals surface area contributed by atoms with E-state index >= 15 is 0 Å². The molecule has 0 aromatic heterocycles. The van der Waals surface area contributed by atoms with Crippen molar-refractivity contribution in [2.75, 3.05) is 18.4 Å². The molecule has 0 saturated carbocycles. The predicted molar refractivity (Wildman–Crippen MR) is 66.9 cm³/mol. The number of rotatable bonds is 5. The molecule has 1 rings (SSSR count). The molecule has 0 spiro atoms. The highest BCUT2D eigenvalue weighted by Crippen LogP contribution is 2.09. The monoisotopic (exact) mass is 305 g/mol. The number of carbonyl (C=O) groups is 1. The number of halogens is 3. The van der Waals surface area contributed by atoms with Gasteiger partial charge in [-0.05, 0) is 19.1 Å². The molecule has 0 unspecified atom stereocenters. The van der Waals surface area contributed by atoms with Crippen LogP contribution in [0, 0.1) is 6.92 Å². The zero-order valence-electron chi connectivity index (χ0n) is 9.50. The van der Waals surface area contributed by atoms with E-state index in [-0.39, 0.29) is 12.5 Å². The largest absolute Gasteiger partial charge is 0.332 e. The summed E-state index contributed by atoms with van der Waals surface area (Å²) >= 11 is 3.15. The van der Waals surface area contributed by atoms with Gasteiger partial charge in [-0.25, -0.2) is 8.78 Å². The Kier molecular flexibility index (Phi) is 5.55. The van der Waals surface area contributed by atoms with Crippen molar-refractivity contribution < 1.29 is 13.6 Å².